The number of hydrogen-bond donors (Lipinski definition) is 0. The Hall–Kier alpha value is -2.94. The van der Waals surface area contributed by atoms with Gasteiger partial charge in [-0.15, -0.1) is 0 Å². The molecule has 1 heterocycles. The molecule has 0 spiro atoms. The third-order valence-electron chi connectivity index (χ3n) is 4.30. The van der Waals surface area contributed by atoms with E-state index in [-0.39, 0.29) is 0 Å². The Balaban J connectivity index is 1.78. The van der Waals surface area contributed by atoms with Gasteiger partial charge < -0.3 is 4.42 Å². The van der Waals surface area contributed by atoms with E-state index in [2.05, 4.69) is 55.9 Å². The Kier molecular flexibility index (Phi) is 5.47. The summed E-state index contributed by atoms with van der Waals surface area (Å²) < 4.78 is 5.81. The van der Waals surface area contributed by atoms with Gasteiger partial charge in [-0.25, -0.2) is 0 Å². The van der Waals surface area contributed by atoms with Gasteiger partial charge in [0.05, 0.1) is 23.8 Å². The summed E-state index contributed by atoms with van der Waals surface area (Å²) in [6.45, 7) is 8.46. The van der Waals surface area contributed by atoms with Gasteiger partial charge in [0.1, 0.15) is 11.5 Å². The zero-order valence-corrected chi connectivity index (χ0v) is 15.7. The van der Waals surface area contributed by atoms with Crippen molar-refractivity contribution in [3.63, 3.8) is 0 Å². The van der Waals surface area contributed by atoms with Crippen molar-refractivity contribution in [2.24, 2.45) is 9.98 Å². The second kappa shape index (κ2) is 7.96. The Morgan fingerprint density at radius 2 is 1.38 bits per heavy atom. The van der Waals surface area contributed by atoms with Crippen LogP contribution in [0.4, 0.5) is 11.4 Å². The summed E-state index contributed by atoms with van der Waals surface area (Å²) in [7, 11) is 0. The fraction of sp³-hybridized carbons (Fsp3) is 0.217. The lowest BCUT2D eigenvalue weighted by Crippen LogP contribution is -1.87. The molecule has 3 nitrogen and oxygen atoms in total. The summed E-state index contributed by atoms with van der Waals surface area (Å²) in [5.74, 6) is 1.86. The summed E-state index contributed by atoms with van der Waals surface area (Å²) in [4.78, 5) is 9.18. The first-order valence-electron chi connectivity index (χ1n) is 8.87. The van der Waals surface area contributed by atoms with Crippen LogP contribution in [0.3, 0.4) is 0 Å². The summed E-state index contributed by atoms with van der Waals surface area (Å²) in [6, 6.07) is 18.2. The van der Waals surface area contributed by atoms with Crippen molar-refractivity contribution in [1.29, 1.82) is 0 Å². The van der Waals surface area contributed by atoms with Crippen LogP contribution in [0.1, 0.15) is 48.0 Å². The minimum Gasteiger partial charge on any atom is -0.454 e. The first kappa shape index (κ1) is 17.9. The molecule has 0 bridgehead atoms. The van der Waals surface area contributed by atoms with E-state index in [1.54, 1.807) is 12.4 Å². The SMILES string of the molecule is Cc1cccc(C)c1N=Cc1ccc(C=Nc2ccccc2C(C)C)o1. The molecule has 0 unspecified atom stereocenters. The molecule has 3 rings (SSSR count). The molecule has 0 atom stereocenters. The van der Waals surface area contributed by atoms with Gasteiger partial charge in [-0.1, -0.05) is 50.2 Å². The van der Waals surface area contributed by atoms with E-state index in [0.29, 0.717) is 17.4 Å². The van der Waals surface area contributed by atoms with Crippen LogP contribution in [-0.4, -0.2) is 12.4 Å². The van der Waals surface area contributed by atoms with E-state index in [1.807, 2.05) is 36.4 Å². The standard InChI is InChI=1S/C23H24N2O/c1-16(2)21-10-5-6-11-22(21)24-14-19-12-13-20(26-19)15-25-23-17(3)8-7-9-18(23)4/h5-16H,1-4H3. The number of aryl methyl sites for hydroxylation is 2. The topological polar surface area (TPSA) is 37.9 Å². The lowest BCUT2D eigenvalue weighted by Gasteiger charge is -2.07. The molecule has 2 aromatic carbocycles. The number of benzene rings is 2. The molecular formula is C23H24N2O. The highest BCUT2D eigenvalue weighted by atomic mass is 16.3. The van der Waals surface area contributed by atoms with Gasteiger partial charge in [-0.2, -0.15) is 0 Å². The van der Waals surface area contributed by atoms with Gasteiger partial charge in [0.15, 0.2) is 0 Å². The summed E-state index contributed by atoms with van der Waals surface area (Å²) in [6.07, 6.45) is 3.52. The fourth-order valence-electron chi connectivity index (χ4n) is 2.87. The average molecular weight is 344 g/mol. The lowest BCUT2D eigenvalue weighted by molar-refractivity contribution is 0.553. The number of para-hydroxylation sites is 2. The Labute approximate surface area is 155 Å². The normalized spacial score (nSPS) is 11.9. The molecule has 0 saturated heterocycles. The minimum absolute atomic E-state index is 0.431. The largest absolute Gasteiger partial charge is 0.454 e. The van der Waals surface area contributed by atoms with Crippen molar-refractivity contribution in [2.75, 3.05) is 0 Å². The predicted octanol–water partition coefficient (Wildman–Crippen LogP) is 6.52. The Bertz CT molecular complexity index is 928. The molecule has 26 heavy (non-hydrogen) atoms. The summed E-state index contributed by atoms with van der Waals surface area (Å²) >= 11 is 0. The van der Waals surface area contributed by atoms with Crippen molar-refractivity contribution < 1.29 is 4.42 Å². The minimum atomic E-state index is 0.431. The van der Waals surface area contributed by atoms with Gasteiger partial charge in [0, 0.05) is 0 Å². The fourth-order valence-corrected chi connectivity index (χ4v) is 2.87. The molecule has 0 N–H and O–H groups in total. The van der Waals surface area contributed by atoms with Crippen molar-refractivity contribution in [3.05, 3.63) is 82.8 Å². The van der Waals surface area contributed by atoms with Gasteiger partial charge in [-0.05, 0) is 54.7 Å². The highest BCUT2D eigenvalue weighted by Gasteiger charge is 2.05. The highest BCUT2D eigenvalue weighted by molar-refractivity contribution is 5.84. The Morgan fingerprint density at radius 3 is 2.04 bits per heavy atom. The zero-order chi connectivity index (χ0) is 18.5. The third kappa shape index (κ3) is 4.17. The maximum Gasteiger partial charge on any atom is 0.145 e. The number of furan rings is 1. The van der Waals surface area contributed by atoms with Crippen LogP contribution in [0.5, 0.6) is 0 Å². The second-order valence-electron chi connectivity index (χ2n) is 6.71. The van der Waals surface area contributed by atoms with Crippen LogP contribution < -0.4 is 0 Å². The van der Waals surface area contributed by atoms with Crippen LogP contribution in [0.25, 0.3) is 0 Å². The van der Waals surface area contributed by atoms with Crippen molar-refractivity contribution in [1.82, 2.24) is 0 Å². The maximum atomic E-state index is 5.81. The lowest BCUT2D eigenvalue weighted by atomic mass is 10.0. The van der Waals surface area contributed by atoms with E-state index >= 15 is 0 Å². The first-order chi connectivity index (χ1) is 12.5. The van der Waals surface area contributed by atoms with Crippen LogP contribution in [0, 0.1) is 13.8 Å². The van der Waals surface area contributed by atoms with E-state index < -0.39 is 0 Å². The molecule has 0 saturated carbocycles. The van der Waals surface area contributed by atoms with Gasteiger partial charge in [0.2, 0.25) is 0 Å². The van der Waals surface area contributed by atoms with E-state index in [4.69, 9.17) is 4.42 Å². The molecule has 0 aliphatic rings. The van der Waals surface area contributed by atoms with Crippen LogP contribution in [0.15, 0.2) is 69.0 Å². The molecule has 0 fully saturated rings. The molecule has 1 aromatic heterocycles. The van der Waals surface area contributed by atoms with Gasteiger partial charge >= 0.3 is 0 Å². The monoisotopic (exact) mass is 344 g/mol. The Morgan fingerprint density at radius 1 is 0.769 bits per heavy atom. The summed E-state index contributed by atoms with van der Waals surface area (Å²) in [5, 5.41) is 0. The predicted molar refractivity (Wildman–Crippen MR) is 110 cm³/mol. The number of hydrogen-bond acceptors (Lipinski definition) is 3. The molecule has 3 heteroatoms. The third-order valence-corrected chi connectivity index (χ3v) is 4.30. The van der Waals surface area contributed by atoms with Gasteiger partial charge in [0.25, 0.3) is 0 Å². The quantitative estimate of drug-likeness (QED) is 0.485. The second-order valence-corrected chi connectivity index (χ2v) is 6.71. The van der Waals surface area contributed by atoms with E-state index in [9.17, 15) is 0 Å². The maximum absolute atomic E-state index is 5.81. The molecule has 132 valence electrons. The van der Waals surface area contributed by atoms with Gasteiger partial charge in [-0.3, -0.25) is 9.98 Å². The molecule has 0 amide bonds. The average Bonchev–Trinajstić information content (AvgIpc) is 3.07. The van der Waals surface area contributed by atoms with Crippen LogP contribution in [0.2, 0.25) is 0 Å². The highest BCUT2D eigenvalue weighted by Crippen LogP contribution is 2.26. The van der Waals surface area contributed by atoms with E-state index in [0.717, 1.165) is 22.5 Å². The molecule has 0 radical (unpaired) electrons. The molecule has 0 aliphatic heterocycles. The van der Waals surface area contributed by atoms with Crippen molar-refractivity contribution in [3.8, 4) is 0 Å². The van der Waals surface area contributed by atoms with Crippen molar-refractivity contribution in [2.45, 2.75) is 33.6 Å². The number of rotatable bonds is 5. The number of nitrogens with zero attached hydrogens (tertiary/aromatic N) is 2. The first-order valence-corrected chi connectivity index (χ1v) is 8.87. The van der Waals surface area contributed by atoms with Crippen LogP contribution in [-0.2, 0) is 0 Å². The van der Waals surface area contributed by atoms with Crippen molar-refractivity contribution >= 4 is 23.8 Å². The molecule has 3 aromatic rings. The molecular weight excluding hydrogens is 320 g/mol. The number of aliphatic imine (C=N–C) groups is 2. The van der Waals surface area contributed by atoms with E-state index in [1.165, 1.54) is 5.56 Å². The summed E-state index contributed by atoms with van der Waals surface area (Å²) in [5.41, 5.74) is 5.50. The molecule has 0 aliphatic carbocycles. The zero-order valence-electron chi connectivity index (χ0n) is 15.7. The van der Waals surface area contributed by atoms with Crippen LogP contribution >= 0.6 is 0 Å². The smallest absolute Gasteiger partial charge is 0.145 e.